The maximum Gasteiger partial charge on any atom is 0.0178 e. The van der Waals surface area contributed by atoms with E-state index in [-0.39, 0.29) is 0 Å². The molecule has 3 saturated carbocycles. The quantitative estimate of drug-likeness (QED) is 0.880. The standard InChI is InChI=1S/C16H22BrN/c17-14-3-1-2-13(12-14)16-7-4-15(5-8-16,6-9-16)10-11-18/h1-3,12H,4-11,18H2. The van der Waals surface area contributed by atoms with E-state index in [1.54, 1.807) is 5.56 Å². The summed E-state index contributed by atoms with van der Waals surface area (Å²) in [6, 6.07) is 8.97. The van der Waals surface area contributed by atoms with Crippen LogP contribution in [0, 0.1) is 5.41 Å². The molecule has 1 aromatic carbocycles. The highest BCUT2D eigenvalue weighted by molar-refractivity contribution is 9.10. The molecule has 98 valence electrons. The highest BCUT2D eigenvalue weighted by Gasteiger charge is 2.48. The summed E-state index contributed by atoms with van der Waals surface area (Å²) in [5, 5.41) is 0. The monoisotopic (exact) mass is 307 g/mol. The predicted octanol–water partition coefficient (Wildman–Crippen LogP) is 4.39. The molecule has 2 N–H and O–H groups in total. The molecule has 0 saturated heterocycles. The minimum absolute atomic E-state index is 0.472. The number of halogens is 1. The highest BCUT2D eigenvalue weighted by Crippen LogP contribution is 2.59. The van der Waals surface area contributed by atoms with Crippen molar-refractivity contribution < 1.29 is 0 Å². The highest BCUT2D eigenvalue weighted by atomic mass is 79.9. The first-order chi connectivity index (χ1) is 8.68. The van der Waals surface area contributed by atoms with Gasteiger partial charge in [0.2, 0.25) is 0 Å². The van der Waals surface area contributed by atoms with E-state index in [9.17, 15) is 0 Å². The summed E-state index contributed by atoms with van der Waals surface area (Å²) in [6.07, 6.45) is 9.49. The minimum Gasteiger partial charge on any atom is -0.330 e. The molecule has 0 spiro atoms. The van der Waals surface area contributed by atoms with Crippen LogP contribution in [0.2, 0.25) is 0 Å². The molecule has 3 aliphatic carbocycles. The largest absolute Gasteiger partial charge is 0.330 e. The smallest absolute Gasteiger partial charge is 0.0178 e. The van der Waals surface area contributed by atoms with Gasteiger partial charge in [-0.3, -0.25) is 0 Å². The van der Waals surface area contributed by atoms with E-state index in [1.807, 2.05) is 0 Å². The molecular formula is C16H22BrN. The molecule has 2 heteroatoms. The van der Waals surface area contributed by atoms with Gasteiger partial charge in [0.25, 0.3) is 0 Å². The Bertz CT molecular complexity index is 416. The average molecular weight is 308 g/mol. The molecular weight excluding hydrogens is 286 g/mol. The van der Waals surface area contributed by atoms with Gasteiger partial charge in [-0.15, -0.1) is 0 Å². The first kappa shape index (κ1) is 12.7. The molecule has 4 rings (SSSR count). The fraction of sp³-hybridized carbons (Fsp3) is 0.625. The topological polar surface area (TPSA) is 26.0 Å². The third kappa shape index (κ3) is 2.04. The zero-order valence-corrected chi connectivity index (χ0v) is 12.5. The van der Waals surface area contributed by atoms with Crippen LogP contribution in [0.25, 0.3) is 0 Å². The van der Waals surface area contributed by atoms with Gasteiger partial charge in [-0.25, -0.2) is 0 Å². The van der Waals surface area contributed by atoms with E-state index >= 15 is 0 Å². The second-order valence-corrected chi connectivity index (χ2v) is 7.25. The lowest BCUT2D eigenvalue weighted by Crippen LogP contribution is -2.44. The van der Waals surface area contributed by atoms with Gasteiger partial charge in [0.05, 0.1) is 0 Å². The number of hydrogen-bond donors (Lipinski definition) is 1. The van der Waals surface area contributed by atoms with E-state index in [0.29, 0.717) is 10.8 Å². The SMILES string of the molecule is NCCC12CCC(c3cccc(Br)c3)(CC1)CC2. The zero-order chi connectivity index (χ0) is 12.6. The van der Waals surface area contributed by atoms with Gasteiger partial charge in [-0.05, 0) is 80.0 Å². The molecule has 3 aliphatic rings. The third-order valence-corrected chi connectivity index (χ3v) is 6.01. The molecule has 18 heavy (non-hydrogen) atoms. The number of benzene rings is 1. The van der Waals surface area contributed by atoms with Gasteiger partial charge >= 0.3 is 0 Å². The molecule has 0 aromatic heterocycles. The fourth-order valence-electron chi connectivity index (χ4n) is 4.20. The Kier molecular flexibility index (Phi) is 3.27. The second kappa shape index (κ2) is 4.64. The van der Waals surface area contributed by atoms with Crippen LogP contribution in [-0.2, 0) is 5.41 Å². The normalized spacial score (nSPS) is 34.8. The average Bonchev–Trinajstić information content (AvgIpc) is 2.41. The van der Waals surface area contributed by atoms with Crippen molar-refractivity contribution in [3.05, 3.63) is 34.3 Å². The molecule has 0 heterocycles. The van der Waals surface area contributed by atoms with Crippen molar-refractivity contribution in [3.8, 4) is 0 Å². The van der Waals surface area contributed by atoms with E-state index < -0.39 is 0 Å². The minimum atomic E-state index is 0.472. The zero-order valence-electron chi connectivity index (χ0n) is 10.9. The van der Waals surface area contributed by atoms with Crippen LogP contribution in [-0.4, -0.2) is 6.54 Å². The Morgan fingerprint density at radius 2 is 1.72 bits per heavy atom. The van der Waals surface area contributed by atoms with Crippen molar-refractivity contribution in [3.63, 3.8) is 0 Å². The van der Waals surface area contributed by atoms with Crippen LogP contribution < -0.4 is 5.73 Å². The number of rotatable bonds is 3. The van der Waals surface area contributed by atoms with Gasteiger partial charge < -0.3 is 5.73 Å². The number of hydrogen-bond acceptors (Lipinski definition) is 1. The Morgan fingerprint density at radius 3 is 2.28 bits per heavy atom. The Labute approximate surface area is 118 Å². The molecule has 1 nitrogen and oxygen atoms in total. The maximum atomic E-state index is 5.80. The van der Waals surface area contributed by atoms with Crippen molar-refractivity contribution in [2.24, 2.45) is 11.1 Å². The lowest BCUT2D eigenvalue weighted by Gasteiger charge is -2.54. The van der Waals surface area contributed by atoms with Gasteiger partial charge in [-0.2, -0.15) is 0 Å². The summed E-state index contributed by atoms with van der Waals surface area (Å²) in [5.74, 6) is 0. The Hall–Kier alpha value is -0.340. The van der Waals surface area contributed by atoms with Crippen molar-refractivity contribution in [1.82, 2.24) is 0 Å². The van der Waals surface area contributed by atoms with Crippen LogP contribution in [0.5, 0.6) is 0 Å². The first-order valence-corrected chi connectivity index (χ1v) is 7.94. The van der Waals surface area contributed by atoms with Crippen LogP contribution in [0.1, 0.15) is 50.5 Å². The number of nitrogens with two attached hydrogens (primary N) is 1. The summed E-state index contributed by atoms with van der Waals surface area (Å²) in [5.41, 5.74) is 8.42. The van der Waals surface area contributed by atoms with E-state index in [1.165, 1.54) is 49.4 Å². The van der Waals surface area contributed by atoms with Gasteiger partial charge in [-0.1, -0.05) is 28.1 Å². The molecule has 0 radical (unpaired) electrons. The van der Waals surface area contributed by atoms with Crippen LogP contribution in [0.4, 0.5) is 0 Å². The Balaban J connectivity index is 1.84. The molecule has 2 bridgehead atoms. The lowest BCUT2D eigenvalue weighted by molar-refractivity contribution is 0.0346. The van der Waals surface area contributed by atoms with Crippen LogP contribution in [0.3, 0.4) is 0 Å². The molecule has 3 fully saturated rings. The summed E-state index contributed by atoms with van der Waals surface area (Å²) in [7, 11) is 0. The van der Waals surface area contributed by atoms with Crippen molar-refractivity contribution >= 4 is 15.9 Å². The van der Waals surface area contributed by atoms with Gasteiger partial charge in [0.15, 0.2) is 0 Å². The van der Waals surface area contributed by atoms with E-state index in [2.05, 4.69) is 40.2 Å². The van der Waals surface area contributed by atoms with Gasteiger partial charge in [0.1, 0.15) is 0 Å². The fourth-order valence-corrected chi connectivity index (χ4v) is 4.60. The molecule has 0 amide bonds. The summed E-state index contributed by atoms with van der Waals surface area (Å²) in [4.78, 5) is 0. The van der Waals surface area contributed by atoms with Crippen LogP contribution in [0.15, 0.2) is 28.7 Å². The third-order valence-electron chi connectivity index (χ3n) is 5.51. The lowest BCUT2D eigenvalue weighted by atomic mass is 9.51. The Morgan fingerprint density at radius 1 is 1.06 bits per heavy atom. The molecule has 1 aromatic rings. The van der Waals surface area contributed by atoms with E-state index in [4.69, 9.17) is 5.73 Å². The maximum absolute atomic E-state index is 5.80. The van der Waals surface area contributed by atoms with Gasteiger partial charge in [0, 0.05) is 4.47 Å². The van der Waals surface area contributed by atoms with Crippen molar-refractivity contribution in [2.75, 3.05) is 6.54 Å². The van der Waals surface area contributed by atoms with Crippen LogP contribution >= 0.6 is 15.9 Å². The summed E-state index contributed by atoms with van der Waals surface area (Å²) in [6.45, 7) is 0.865. The summed E-state index contributed by atoms with van der Waals surface area (Å²) >= 11 is 3.61. The molecule has 0 aliphatic heterocycles. The number of fused-ring (bicyclic) bond motifs is 3. The van der Waals surface area contributed by atoms with Crippen molar-refractivity contribution in [2.45, 2.75) is 50.4 Å². The summed E-state index contributed by atoms with van der Waals surface area (Å²) < 4.78 is 1.22. The van der Waals surface area contributed by atoms with Crippen molar-refractivity contribution in [1.29, 1.82) is 0 Å². The predicted molar refractivity (Wildman–Crippen MR) is 79.6 cm³/mol. The second-order valence-electron chi connectivity index (χ2n) is 6.33. The van der Waals surface area contributed by atoms with E-state index in [0.717, 1.165) is 6.54 Å². The molecule has 0 atom stereocenters. The molecule has 0 unspecified atom stereocenters. The first-order valence-electron chi connectivity index (χ1n) is 7.14.